The molecule has 3 rings (SSSR count). The summed E-state index contributed by atoms with van der Waals surface area (Å²) in [5.74, 6) is -0.195. The highest BCUT2D eigenvalue weighted by atomic mass is 35.5. The predicted molar refractivity (Wildman–Crippen MR) is 98.2 cm³/mol. The number of halogens is 1. The van der Waals surface area contributed by atoms with Crippen LogP contribution in [0.4, 0.5) is 0 Å². The molecule has 3 N–H and O–H groups in total. The summed E-state index contributed by atoms with van der Waals surface area (Å²) < 4.78 is 11.1. The van der Waals surface area contributed by atoms with Gasteiger partial charge in [0.2, 0.25) is 0 Å². The second kappa shape index (κ2) is 7.49. The van der Waals surface area contributed by atoms with Crippen molar-refractivity contribution in [3.8, 4) is 5.75 Å². The van der Waals surface area contributed by atoms with E-state index in [2.05, 4.69) is 5.32 Å². The van der Waals surface area contributed by atoms with Crippen molar-refractivity contribution in [1.82, 2.24) is 5.32 Å². The van der Waals surface area contributed by atoms with E-state index in [9.17, 15) is 9.59 Å². The number of para-hydroxylation sites is 1. The Morgan fingerprint density at radius 2 is 2.00 bits per heavy atom. The van der Waals surface area contributed by atoms with Crippen LogP contribution in [0.1, 0.15) is 29.1 Å². The predicted octanol–water partition coefficient (Wildman–Crippen LogP) is 3.44. The first-order valence-corrected chi connectivity index (χ1v) is 8.32. The average molecular weight is 373 g/mol. The number of carbonyl (C=O) groups excluding carboxylic acids is 2. The van der Waals surface area contributed by atoms with Gasteiger partial charge in [-0.05, 0) is 37.3 Å². The molecule has 7 heteroatoms. The van der Waals surface area contributed by atoms with E-state index in [-0.39, 0.29) is 29.9 Å². The van der Waals surface area contributed by atoms with Gasteiger partial charge in [-0.2, -0.15) is 0 Å². The molecule has 0 aliphatic carbocycles. The first-order chi connectivity index (χ1) is 12.4. The fourth-order valence-electron chi connectivity index (χ4n) is 2.53. The minimum atomic E-state index is -0.682. The molecule has 0 spiro atoms. The van der Waals surface area contributed by atoms with Crippen LogP contribution in [-0.4, -0.2) is 18.4 Å². The molecule has 2 aromatic carbocycles. The number of nitrogens with two attached hydrogens (primary N) is 1. The van der Waals surface area contributed by atoms with Crippen molar-refractivity contribution in [1.29, 1.82) is 0 Å². The summed E-state index contributed by atoms with van der Waals surface area (Å²) in [6.07, 6.45) is 0. The summed E-state index contributed by atoms with van der Waals surface area (Å²) in [6.45, 7) is 1.54. The smallest absolute Gasteiger partial charge is 0.258 e. The lowest BCUT2D eigenvalue weighted by molar-refractivity contribution is -0.123. The zero-order chi connectivity index (χ0) is 18.7. The standard InChI is InChI=1S/C19H17ClN2O4/c1-11(17-8-12-4-2-3-5-15(12)26-17)22-18(23)10-25-16-7-6-13(20)9-14(16)19(21)24/h2-9,11H,10H2,1H3,(H2,21,24)(H,22,23). The SMILES string of the molecule is CC(NC(=O)COc1ccc(Cl)cc1C(N)=O)c1cc2ccccc2o1. The van der Waals surface area contributed by atoms with E-state index in [1.807, 2.05) is 37.3 Å². The fourth-order valence-corrected chi connectivity index (χ4v) is 2.71. The van der Waals surface area contributed by atoms with Crippen LogP contribution in [-0.2, 0) is 4.79 Å². The summed E-state index contributed by atoms with van der Waals surface area (Å²) in [6, 6.07) is 13.6. The number of rotatable bonds is 6. The molecule has 1 atom stereocenters. The molecular formula is C19H17ClN2O4. The molecule has 1 aromatic heterocycles. The molecule has 2 amide bonds. The van der Waals surface area contributed by atoms with Gasteiger partial charge in [-0.15, -0.1) is 0 Å². The van der Waals surface area contributed by atoms with Crippen molar-refractivity contribution in [2.45, 2.75) is 13.0 Å². The first kappa shape index (κ1) is 17.8. The monoisotopic (exact) mass is 372 g/mol. The van der Waals surface area contributed by atoms with E-state index >= 15 is 0 Å². The number of benzene rings is 2. The Morgan fingerprint density at radius 3 is 2.73 bits per heavy atom. The molecule has 6 nitrogen and oxygen atoms in total. The minimum absolute atomic E-state index is 0.121. The van der Waals surface area contributed by atoms with E-state index in [1.54, 1.807) is 6.07 Å². The van der Waals surface area contributed by atoms with Crippen molar-refractivity contribution < 1.29 is 18.7 Å². The van der Waals surface area contributed by atoms with Crippen LogP contribution in [0.25, 0.3) is 11.0 Å². The number of primary amides is 1. The van der Waals surface area contributed by atoms with Crippen LogP contribution in [0.15, 0.2) is 52.9 Å². The molecule has 134 valence electrons. The lowest BCUT2D eigenvalue weighted by Crippen LogP contribution is -2.31. The number of ether oxygens (including phenoxy) is 1. The summed E-state index contributed by atoms with van der Waals surface area (Å²) in [5.41, 5.74) is 6.17. The average Bonchev–Trinajstić information content (AvgIpc) is 3.05. The van der Waals surface area contributed by atoms with Crippen LogP contribution in [0.3, 0.4) is 0 Å². The van der Waals surface area contributed by atoms with Crippen LogP contribution < -0.4 is 15.8 Å². The second-order valence-corrected chi connectivity index (χ2v) is 6.21. The number of furan rings is 1. The molecule has 0 radical (unpaired) electrons. The van der Waals surface area contributed by atoms with Gasteiger partial charge in [0.05, 0.1) is 11.6 Å². The van der Waals surface area contributed by atoms with Gasteiger partial charge in [0.25, 0.3) is 11.8 Å². The van der Waals surface area contributed by atoms with Gasteiger partial charge in [0.15, 0.2) is 6.61 Å². The van der Waals surface area contributed by atoms with Crippen molar-refractivity contribution in [2.24, 2.45) is 5.73 Å². The molecule has 1 heterocycles. The molecule has 26 heavy (non-hydrogen) atoms. The third-order valence-corrected chi connectivity index (χ3v) is 4.05. The Hall–Kier alpha value is -2.99. The number of hydrogen-bond donors (Lipinski definition) is 2. The van der Waals surface area contributed by atoms with Crippen LogP contribution >= 0.6 is 11.6 Å². The van der Waals surface area contributed by atoms with Crippen LogP contribution in [0.2, 0.25) is 5.02 Å². The molecule has 0 saturated heterocycles. The van der Waals surface area contributed by atoms with Gasteiger partial charge in [0, 0.05) is 10.4 Å². The Labute approximate surface area is 154 Å². The maximum Gasteiger partial charge on any atom is 0.258 e. The second-order valence-electron chi connectivity index (χ2n) is 5.77. The zero-order valence-corrected chi connectivity index (χ0v) is 14.7. The number of fused-ring (bicyclic) bond motifs is 1. The topological polar surface area (TPSA) is 94.6 Å². The lowest BCUT2D eigenvalue weighted by atomic mass is 10.2. The van der Waals surface area contributed by atoms with E-state index in [0.717, 1.165) is 11.0 Å². The summed E-state index contributed by atoms with van der Waals surface area (Å²) >= 11 is 5.84. The van der Waals surface area contributed by atoms with Crippen molar-refractivity contribution in [3.05, 3.63) is 64.9 Å². The largest absolute Gasteiger partial charge is 0.483 e. The summed E-state index contributed by atoms with van der Waals surface area (Å²) in [4.78, 5) is 23.6. The summed E-state index contributed by atoms with van der Waals surface area (Å²) in [7, 11) is 0. The van der Waals surface area contributed by atoms with Gasteiger partial charge in [0.1, 0.15) is 17.1 Å². The number of nitrogens with one attached hydrogen (secondary N) is 1. The Kier molecular flexibility index (Phi) is 5.14. The Morgan fingerprint density at radius 1 is 1.23 bits per heavy atom. The van der Waals surface area contributed by atoms with Gasteiger partial charge in [-0.25, -0.2) is 0 Å². The molecule has 0 fully saturated rings. The third-order valence-electron chi connectivity index (χ3n) is 3.81. The van der Waals surface area contributed by atoms with Gasteiger partial charge < -0.3 is 20.2 Å². The quantitative estimate of drug-likeness (QED) is 0.692. The van der Waals surface area contributed by atoms with Crippen molar-refractivity contribution >= 4 is 34.4 Å². The van der Waals surface area contributed by atoms with Crippen molar-refractivity contribution in [2.75, 3.05) is 6.61 Å². The lowest BCUT2D eigenvalue weighted by Gasteiger charge is -2.13. The molecular weight excluding hydrogens is 356 g/mol. The molecule has 0 aliphatic rings. The fraction of sp³-hybridized carbons (Fsp3) is 0.158. The van der Waals surface area contributed by atoms with Crippen LogP contribution in [0, 0.1) is 0 Å². The molecule has 0 saturated carbocycles. The Balaban J connectivity index is 1.63. The van der Waals surface area contributed by atoms with Gasteiger partial charge >= 0.3 is 0 Å². The Bertz CT molecular complexity index is 934. The maximum atomic E-state index is 12.1. The normalized spacial score (nSPS) is 11.9. The van der Waals surface area contributed by atoms with Gasteiger partial charge in [-0.3, -0.25) is 9.59 Å². The highest BCUT2D eigenvalue weighted by Gasteiger charge is 2.16. The minimum Gasteiger partial charge on any atom is -0.483 e. The van der Waals surface area contributed by atoms with E-state index < -0.39 is 5.91 Å². The molecule has 3 aromatic rings. The molecule has 0 bridgehead atoms. The first-order valence-electron chi connectivity index (χ1n) is 7.94. The highest BCUT2D eigenvalue weighted by Crippen LogP contribution is 2.24. The number of hydrogen-bond acceptors (Lipinski definition) is 4. The maximum absolute atomic E-state index is 12.1. The van der Waals surface area contributed by atoms with Crippen LogP contribution in [0.5, 0.6) is 5.75 Å². The van der Waals surface area contributed by atoms with Gasteiger partial charge in [-0.1, -0.05) is 29.8 Å². The van der Waals surface area contributed by atoms with Crippen molar-refractivity contribution in [3.63, 3.8) is 0 Å². The van der Waals surface area contributed by atoms with E-state index in [1.165, 1.54) is 12.1 Å². The highest BCUT2D eigenvalue weighted by molar-refractivity contribution is 6.31. The zero-order valence-electron chi connectivity index (χ0n) is 14.0. The molecule has 1 unspecified atom stereocenters. The summed E-state index contributed by atoms with van der Waals surface area (Å²) in [5, 5.41) is 4.11. The van der Waals surface area contributed by atoms with E-state index in [4.69, 9.17) is 26.5 Å². The molecule has 0 aliphatic heterocycles. The van der Waals surface area contributed by atoms with E-state index in [0.29, 0.717) is 10.8 Å². The number of carbonyl (C=O) groups is 2. The third kappa shape index (κ3) is 3.97. The number of amides is 2.